The van der Waals surface area contributed by atoms with Gasteiger partial charge < -0.3 is 13.3 Å². The first-order chi connectivity index (χ1) is 22.2. The van der Waals surface area contributed by atoms with Crippen LogP contribution >= 0.6 is 0 Å². The molecule has 0 fully saturated rings. The van der Waals surface area contributed by atoms with E-state index in [1.807, 2.05) is 36.4 Å². The lowest BCUT2D eigenvalue weighted by Crippen LogP contribution is -1.82. The highest BCUT2D eigenvalue weighted by Crippen LogP contribution is 2.38. The van der Waals surface area contributed by atoms with Crippen LogP contribution in [-0.4, -0.2) is 9.97 Å². The van der Waals surface area contributed by atoms with Gasteiger partial charge in [-0.1, -0.05) is 42.5 Å². The van der Waals surface area contributed by atoms with Crippen molar-refractivity contribution >= 4 is 66.1 Å². The van der Waals surface area contributed by atoms with Gasteiger partial charge in [-0.2, -0.15) is 0 Å². The van der Waals surface area contributed by atoms with Crippen molar-refractivity contribution in [3.8, 4) is 33.4 Å². The Hall–Kier alpha value is -6.20. The first-order valence-electron chi connectivity index (χ1n) is 14.9. The summed E-state index contributed by atoms with van der Waals surface area (Å²) >= 11 is 0. The highest BCUT2D eigenvalue weighted by molar-refractivity contribution is 6.09. The van der Waals surface area contributed by atoms with Crippen LogP contribution < -0.4 is 0 Å². The van der Waals surface area contributed by atoms with Gasteiger partial charge in [-0.05, 0) is 112 Å². The zero-order valence-corrected chi connectivity index (χ0v) is 23.8. The highest BCUT2D eigenvalue weighted by atomic mass is 16.3. The molecule has 0 amide bonds. The summed E-state index contributed by atoms with van der Waals surface area (Å²) in [5.41, 5.74) is 13.5. The Morgan fingerprint density at radius 2 is 0.689 bits per heavy atom. The first kappa shape index (κ1) is 24.3. The van der Waals surface area contributed by atoms with E-state index >= 15 is 0 Å². The molecule has 0 aliphatic heterocycles. The van der Waals surface area contributed by atoms with Crippen molar-refractivity contribution < 1.29 is 13.3 Å². The van der Waals surface area contributed by atoms with Crippen molar-refractivity contribution in [2.75, 3.05) is 0 Å². The third-order valence-electron chi connectivity index (χ3n) is 8.78. The van der Waals surface area contributed by atoms with Crippen LogP contribution in [0.2, 0.25) is 0 Å². The Kier molecular flexibility index (Phi) is 4.93. The maximum Gasteiger partial charge on any atom is 0.153 e. The molecule has 0 bridgehead atoms. The van der Waals surface area contributed by atoms with E-state index in [4.69, 9.17) is 13.3 Å². The number of hydrogen-bond acceptors (Lipinski definition) is 5. The van der Waals surface area contributed by atoms with E-state index in [0.717, 1.165) is 99.5 Å². The molecular weight excluding hydrogens is 556 g/mol. The molecule has 10 rings (SSSR count). The molecule has 0 saturated heterocycles. The van der Waals surface area contributed by atoms with Gasteiger partial charge in [0.1, 0.15) is 33.4 Å². The fourth-order valence-corrected chi connectivity index (χ4v) is 6.57. The average Bonchev–Trinajstić information content (AvgIpc) is 3.78. The Morgan fingerprint density at radius 1 is 0.311 bits per heavy atom. The van der Waals surface area contributed by atoms with Crippen LogP contribution in [0.1, 0.15) is 0 Å². The predicted octanol–water partition coefficient (Wildman–Crippen LogP) is 11.2. The van der Waals surface area contributed by atoms with Gasteiger partial charge in [0.05, 0.1) is 0 Å². The minimum Gasteiger partial charge on any atom is -0.456 e. The van der Waals surface area contributed by atoms with Crippen LogP contribution in [0.3, 0.4) is 0 Å². The molecule has 0 aliphatic rings. The second kappa shape index (κ2) is 9.15. The van der Waals surface area contributed by atoms with Crippen LogP contribution in [0.4, 0.5) is 0 Å². The molecule has 5 heteroatoms. The minimum absolute atomic E-state index is 0.796. The van der Waals surface area contributed by atoms with Gasteiger partial charge in [0.2, 0.25) is 0 Å². The minimum atomic E-state index is 0.796. The summed E-state index contributed by atoms with van der Waals surface area (Å²) in [5, 5.41) is 4.20. The molecule has 0 atom stereocenters. The Bertz CT molecular complexity index is 2780. The van der Waals surface area contributed by atoms with Crippen molar-refractivity contribution in [3.05, 3.63) is 134 Å². The van der Waals surface area contributed by atoms with Crippen LogP contribution in [0, 0.1) is 0 Å². The number of rotatable bonds is 3. The van der Waals surface area contributed by atoms with E-state index in [0.29, 0.717) is 0 Å². The third-order valence-corrected chi connectivity index (χ3v) is 8.78. The smallest absolute Gasteiger partial charge is 0.153 e. The summed E-state index contributed by atoms with van der Waals surface area (Å²) in [4.78, 5) is 9.11. The number of furan rings is 3. The molecule has 5 heterocycles. The maximum absolute atomic E-state index is 6.27. The van der Waals surface area contributed by atoms with Crippen LogP contribution in [0.5, 0.6) is 0 Å². The van der Waals surface area contributed by atoms with Gasteiger partial charge in [0.15, 0.2) is 11.2 Å². The molecule has 0 saturated carbocycles. The van der Waals surface area contributed by atoms with Gasteiger partial charge in [0.25, 0.3) is 0 Å². The van der Waals surface area contributed by atoms with Crippen molar-refractivity contribution in [2.45, 2.75) is 0 Å². The van der Waals surface area contributed by atoms with Crippen molar-refractivity contribution in [1.29, 1.82) is 0 Å². The van der Waals surface area contributed by atoms with E-state index < -0.39 is 0 Å². The summed E-state index contributed by atoms with van der Waals surface area (Å²) < 4.78 is 18.3. The third kappa shape index (κ3) is 3.74. The van der Waals surface area contributed by atoms with Gasteiger partial charge in [-0.25, -0.2) is 0 Å². The van der Waals surface area contributed by atoms with Gasteiger partial charge in [0, 0.05) is 33.9 Å². The molecule has 10 aromatic rings. The molecule has 0 unspecified atom stereocenters. The lowest BCUT2D eigenvalue weighted by molar-refractivity contribution is 0.668. The van der Waals surface area contributed by atoms with Crippen molar-refractivity contribution in [1.82, 2.24) is 9.97 Å². The monoisotopic (exact) mass is 578 g/mol. The van der Waals surface area contributed by atoms with Crippen LogP contribution in [0.15, 0.2) is 147 Å². The number of fused-ring (bicyclic) bond motifs is 9. The van der Waals surface area contributed by atoms with E-state index in [9.17, 15) is 0 Å². The average molecular weight is 579 g/mol. The van der Waals surface area contributed by atoms with Crippen LogP contribution in [0.25, 0.3) is 99.5 Å². The van der Waals surface area contributed by atoms with Crippen molar-refractivity contribution in [3.63, 3.8) is 0 Å². The number of nitrogens with zero attached hydrogens (tertiary/aromatic N) is 2. The molecule has 210 valence electrons. The quantitative estimate of drug-likeness (QED) is 0.209. The fraction of sp³-hybridized carbons (Fsp3) is 0. The summed E-state index contributed by atoms with van der Waals surface area (Å²) in [6, 6.07) is 41.8. The van der Waals surface area contributed by atoms with Gasteiger partial charge in [-0.3, -0.25) is 9.97 Å². The number of hydrogen-bond donors (Lipinski definition) is 0. The molecule has 5 aromatic carbocycles. The Labute approximate surface area is 256 Å². The summed E-state index contributed by atoms with van der Waals surface area (Å²) in [6.45, 7) is 0. The van der Waals surface area contributed by atoms with Crippen LogP contribution in [-0.2, 0) is 0 Å². The van der Waals surface area contributed by atoms with E-state index in [1.165, 1.54) is 0 Å². The van der Waals surface area contributed by atoms with E-state index in [1.54, 1.807) is 12.4 Å². The molecule has 45 heavy (non-hydrogen) atoms. The molecular formula is C40H22N2O3. The van der Waals surface area contributed by atoms with Gasteiger partial charge >= 0.3 is 0 Å². The summed E-state index contributed by atoms with van der Waals surface area (Å²) in [7, 11) is 0. The zero-order valence-electron chi connectivity index (χ0n) is 23.8. The zero-order chi connectivity index (χ0) is 29.5. The topological polar surface area (TPSA) is 65.2 Å². The molecule has 5 aromatic heterocycles. The molecule has 0 N–H and O–H groups in total. The largest absolute Gasteiger partial charge is 0.456 e. The molecule has 0 aliphatic carbocycles. The van der Waals surface area contributed by atoms with E-state index in [2.05, 4.69) is 94.9 Å². The lowest BCUT2D eigenvalue weighted by Gasteiger charge is -2.07. The Morgan fingerprint density at radius 3 is 1.16 bits per heavy atom. The fourth-order valence-electron chi connectivity index (χ4n) is 6.57. The van der Waals surface area contributed by atoms with Crippen molar-refractivity contribution in [2.24, 2.45) is 0 Å². The summed E-state index contributed by atoms with van der Waals surface area (Å²) in [5.74, 6) is 0. The second-order valence-corrected chi connectivity index (χ2v) is 11.4. The second-order valence-electron chi connectivity index (χ2n) is 11.4. The number of benzene rings is 5. The number of pyridine rings is 2. The standard InChI is InChI=1S/C40H22N2O3/c1-4-23(18-24(5-1)27-10-14-35-31(21-27)39-37(44-35)6-2-16-41-39)25-8-12-33-29(19-25)30-20-26(9-13-34(30)43-33)28-11-15-36-32(22-28)40-38(45-36)7-3-17-42-40/h1-22H. The summed E-state index contributed by atoms with van der Waals surface area (Å²) in [6.07, 6.45) is 3.61. The normalized spacial score (nSPS) is 12.0. The first-order valence-corrected chi connectivity index (χ1v) is 14.9. The SMILES string of the molecule is c1cc(-c2ccc3oc4ccc(-c5ccc6oc7cccnc7c6c5)cc4c3c2)cc(-c2ccc3oc4cccnc4c3c2)c1. The lowest BCUT2D eigenvalue weighted by atomic mass is 9.97. The molecule has 0 radical (unpaired) electrons. The van der Waals surface area contributed by atoms with Gasteiger partial charge in [-0.15, -0.1) is 0 Å². The maximum atomic E-state index is 6.27. The number of aromatic nitrogens is 2. The molecule has 0 spiro atoms. The highest BCUT2D eigenvalue weighted by Gasteiger charge is 2.14. The molecule has 5 nitrogen and oxygen atoms in total. The Balaban J connectivity index is 1.07. The van der Waals surface area contributed by atoms with E-state index in [-0.39, 0.29) is 0 Å². The predicted molar refractivity (Wildman–Crippen MR) is 180 cm³/mol.